The number of rotatable bonds is 12. The van der Waals surface area contributed by atoms with Gasteiger partial charge >= 0.3 is 5.97 Å². The van der Waals surface area contributed by atoms with Crippen LogP contribution in [0.25, 0.3) is 0 Å². The second-order valence-electron chi connectivity index (χ2n) is 15.2. The zero-order valence-corrected chi connectivity index (χ0v) is 34.0. The molecule has 0 spiro atoms. The van der Waals surface area contributed by atoms with Crippen LogP contribution in [0.2, 0.25) is 0 Å². The predicted octanol–water partition coefficient (Wildman–Crippen LogP) is 7.05. The van der Waals surface area contributed by atoms with E-state index in [2.05, 4.69) is 0 Å². The minimum atomic E-state index is -0.743. The van der Waals surface area contributed by atoms with E-state index in [1.165, 1.54) is 0 Å². The van der Waals surface area contributed by atoms with E-state index in [0.717, 1.165) is 22.3 Å². The maximum Gasteiger partial charge on any atom is 0.334 e. The Morgan fingerprint density at radius 1 is 0.644 bits per heavy atom. The number of benzene rings is 4. The molecule has 0 bridgehead atoms. The van der Waals surface area contributed by atoms with E-state index in [0.29, 0.717) is 33.0 Å². The normalized spacial score (nSPS) is 32.0. The Labute approximate surface area is 346 Å². The predicted molar refractivity (Wildman–Crippen MR) is 215 cm³/mol. The van der Waals surface area contributed by atoms with Gasteiger partial charge in [0.2, 0.25) is 0 Å². The Bertz CT molecular complexity index is 1830. The molecule has 0 aliphatic carbocycles. The van der Waals surface area contributed by atoms with Crippen molar-refractivity contribution in [1.29, 1.82) is 0 Å². The van der Waals surface area contributed by atoms with Gasteiger partial charge in [0.15, 0.2) is 31.3 Å². The van der Waals surface area contributed by atoms with Gasteiger partial charge in [-0.15, -0.1) is 0 Å². The van der Waals surface area contributed by atoms with Gasteiger partial charge in [0.05, 0.1) is 45.2 Å². The zero-order valence-electron chi connectivity index (χ0n) is 34.0. The number of carbonyl (C=O) groups is 1. The molecule has 4 aromatic carbocycles. The molecule has 0 saturated carbocycles. The molecular formula is C47H56O12. The first-order valence-corrected chi connectivity index (χ1v) is 20.5. The van der Waals surface area contributed by atoms with Gasteiger partial charge < -0.3 is 52.5 Å². The summed E-state index contributed by atoms with van der Waals surface area (Å²) in [6.45, 7) is 9.22. The summed E-state index contributed by atoms with van der Waals surface area (Å²) in [5.41, 5.74) is 3.98. The van der Waals surface area contributed by atoms with Gasteiger partial charge in [0.25, 0.3) is 0 Å². The molecule has 4 aromatic rings. The van der Waals surface area contributed by atoms with E-state index in [-0.39, 0.29) is 24.0 Å². The molecule has 4 aliphatic heterocycles. The molecule has 4 saturated heterocycles. The van der Waals surface area contributed by atoms with Crippen LogP contribution in [0.4, 0.5) is 0 Å². The molecule has 12 heteroatoms. The van der Waals surface area contributed by atoms with Crippen molar-refractivity contribution in [1.82, 2.24) is 0 Å². The van der Waals surface area contributed by atoms with Crippen LogP contribution in [0.15, 0.2) is 121 Å². The fourth-order valence-electron chi connectivity index (χ4n) is 7.63. The van der Waals surface area contributed by atoms with Gasteiger partial charge in [0, 0.05) is 23.0 Å². The smallest absolute Gasteiger partial charge is 0.334 e. The highest BCUT2D eigenvalue weighted by Gasteiger charge is 2.51. The van der Waals surface area contributed by atoms with Crippen LogP contribution < -0.4 is 0 Å². The van der Waals surface area contributed by atoms with E-state index in [4.69, 9.17) is 47.4 Å². The topological polar surface area (TPSA) is 130 Å². The van der Waals surface area contributed by atoms with E-state index >= 15 is 0 Å². The van der Waals surface area contributed by atoms with Crippen LogP contribution >= 0.6 is 0 Å². The number of aliphatic hydroxyl groups is 1. The molecule has 59 heavy (non-hydrogen) atoms. The molecule has 8 rings (SSSR count). The van der Waals surface area contributed by atoms with Crippen molar-refractivity contribution in [3.8, 4) is 0 Å². The fourth-order valence-corrected chi connectivity index (χ4v) is 7.63. The average Bonchev–Trinajstić information content (AvgIpc) is 3.28. The van der Waals surface area contributed by atoms with Crippen LogP contribution in [0.3, 0.4) is 0 Å². The third-order valence-corrected chi connectivity index (χ3v) is 10.9. The minimum Gasteiger partial charge on any atom is -0.464 e. The summed E-state index contributed by atoms with van der Waals surface area (Å²) in [5, 5.41) is 10.8. The molecule has 6 unspecified atom stereocenters. The van der Waals surface area contributed by atoms with Gasteiger partial charge in [0.1, 0.15) is 24.4 Å². The summed E-state index contributed by atoms with van der Waals surface area (Å²) in [4.78, 5) is 12.3. The molecule has 13 atom stereocenters. The largest absolute Gasteiger partial charge is 0.464 e. The van der Waals surface area contributed by atoms with Crippen LogP contribution in [-0.4, -0.2) is 86.2 Å². The fraction of sp³-hybridized carbons (Fsp3) is 0.468. The van der Waals surface area contributed by atoms with E-state index in [1.54, 1.807) is 13.8 Å². The first-order valence-electron chi connectivity index (χ1n) is 20.5. The second-order valence-corrected chi connectivity index (χ2v) is 15.2. The van der Waals surface area contributed by atoms with Crippen LogP contribution in [0, 0.1) is 11.8 Å². The van der Waals surface area contributed by atoms with Crippen molar-refractivity contribution >= 4 is 5.97 Å². The van der Waals surface area contributed by atoms with E-state index < -0.39 is 61.6 Å². The van der Waals surface area contributed by atoms with Crippen molar-refractivity contribution in [3.63, 3.8) is 0 Å². The maximum absolute atomic E-state index is 12.3. The summed E-state index contributed by atoms with van der Waals surface area (Å²) in [6, 6.07) is 39.3. The lowest BCUT2D eigenvalue weighted by atomic mass is 9.91. The number of ether oxygens (including phenoxy) is 10. The van der Waals surface area contributed by atoms with Crippen molar-refractivity contribution in [2.45, 2.75) is 109 Å². The Kier molecular flexibility index (Phi) is 15.3. The van der Waals surface area contributed by atoms with E-state index in [9.17, 15) is 9.90 Å². The zero-order chi connectivity index (χ0) is 41.1. The first kappa shape index (κ1) is 43.1. The third-order valence-electron chi connectivity index (χ3n) is 10.9. The summed E-state index contributed by atoms with van der Waals surface area (Å²) < 4.78 is 59.9. The lowest BCUT2D eigenvalue weighted by molar-refractivity contribution is -0.360. The number of carbonyl (C=O) groups excluding carboxylic acids is 1. The van der Waals surface area contributed by atoms with Crippen LogP contribution in [0.1, 0.15) is 62.5 Å². The summed E-state index contributed by atoms with van der Waals surface area (Å²) >= 11 is 0. The minimum absolute atomic E-state index is 0.193. The van der Waals surface area contributed by atoms with Crippen molar-refractivity contribution in [2.24, 2.45) is 11.8 Å². The monoisotopic (exact) mass is 812 g/mol. The maximum atomic E-state index is 12.3. The number of hydrogen-bond donors (Lipinski definition) is 1. The Hall–Kier alpha value is -4.05. The lowest BCUT2D eigenvalue weighted by Gasteiger charge is -2.48. The molecule has 4 fully saturated rings. The average molecular weight is 813 g/mol. The van der Waals surface area contributed by atoms with Gasteiger partial charge in [-0.25, -0.2) is 4.79 Å². The number of aliphatic hydroxyl groups excluding tert-OH is 1. The standard InChI is InChI=1S/C26H32O7.C21H24O5/c1-4-28-24(27)18(3)31-22-17(2)25(29-15-19-11-7-5-8-12-19)32-21-16-30-26(33-23(21)22)20-13-9-6-10-14-20;1-14-18(22)19-17(13-24-21(26-19)16-10-6-3-7-11-16)25-20(14)23-12-15-8-4-2-5-9-15/h5-14,17-18,21-23,25-26H,4,15-16H2,1-3H3;2-11,14,17-22H,12-13H2,1H3/t17?,18-,21?,22+,23+,25-,26?;14?,17?,18-,19-,20+,21?/m01/s1. The highest BCUT2D eigenvalue weighted by atomic mass is 16.8. The molecule has 1 N–H and O–H groups in total. The van der Waals surface area contributed by atoms with Crippen molar-refractivity contribution in [3.05, 3.63) is 144 Å². The Morgan fingerprint density at radius 2 is 1.08 bits per heavy atom. The highest BCUT2D eigenvalue weighted by molar-refractivity contribution is 5.74. The molecule has 4 aliphatic rings. The highest BCUT2D eigenvalue weighted by Crippen LogP contribution is 2.39. The summed E-state index contributed by atoms with van der Waals surface area (Å²) in [7, 11) is 0. The summed E-state index contributed by atoms with van der Waals surface area (Å²) in [6.07, 6.45) is -5.50. The molecular weight excluding hydrogens is 757 g/mol. The molecule has 0 aromatic heterocycles. The van der Waals surface area contributed by atoms with Crippen molar-refractivity contribution < 1.29 is 57.3 Å². The van der Waals surface area contributed by atoms with Crippen molar-refractivity contribution in [2.75, 3.05) is 19.8 Å². The number of hydrogen-bond acceptors (Lipinski definition) is 12. The SMILES string of the molecule is CC1[C@@H](OCc2ccccc2)OC2COC(c3ccccc3)O[C@H]2[C@@H]1O.CCOC(=O)[C@H](C)O[C@@H]1C(C)[C@@H](OCc2ccccc2)OC2COC(c3ccccc3)O[C@H]21. The third kappa shape index (κ3) is 11.0. The van der Waals surface area contributed by atoms with Gasteiger partial charge in [-0.1, -0.05) is 135 Å². The molecule has 12 nitrogen and oxygen atoms in total. The van der Waals surface area contributed by atoms with Gasteiger partial charge in [-0.3, -0.25) is 0 Å². The number of esters is 1. The summed E-state index contributed by atoms with van der Waals surface area (Å²) in [5.74, 6) is -0.794. The molecule has 316 valence electrons. The van der Waals surface area contributed by atoms with Crippen LogP contribution in [0.5, 0.6) is 0 Å². The van der Waals surface area contributed by atoms with Crippen LogP contribution in [-0.2, 0) is 65.4 Å². The Balaban J connectivity index is 0.000000184. The van der Waals surface area contributed by atoms with Gasteiger partial charge in [-0.05, 0) is 25.0 Å². The quantitative estimate of drug-likeness (QED) is 0.147. The molecule has 0 amide bonds. The molecule has 0 radical (unpaired) electrons. The Morgan fingerprint density at radius 3 is 1.58 bits per heavy atom. The lowest BCUT2D eigenvalue weighted by Crippen LogP contribution is -2.60. The van der Waals surface area contributed by atoms with E-state index in [1.807, 2.05) is 135 Å². The first-order chi connectivity index (χ1) is 28.8. The number of fused-ring (bicyclic) bond motifs is 2. The van der Waals surface area contributed by atoms with Gasteiger partial charge in [-0.2, -0.15) is 0 Å². The second kappa shape index (κ2) is 21.0. The molecule has 4 heterocycles.